The number of ether oxygens (including phenoxy) is 2. The van der Waals surface area contributed by atoms with Crippen LogP contribution < -0.4 is 5.32 Å². The molecule has 136 valence electrons. The van der Waals surface area contributed by atoms with Gasteiger partial charge in [-0.25, -0.2) is 9.59 Å². The molecule has 0 saturated heterocycles. The van der Waals surface area contributed by atoms with E-state index in [1.54, 1.807) is 27.7 Å². The third kappa shape index (κ3) is 8.15. The second kappa shape index (κ2) is 10.3. The second-order valence-electron chi connectivity index (χ2n) is 6.08. The molecule has 0 spiro atoms. The minimum absolute atomic E-state index is 0.0368. The molecule has 25 heavy (non-hydrogen) atoms. The van der Waals surface area contributed by atoms with Gasteiger partial charge in [0.1, 0.15) is 6.61 Å². The van der Waals surface area contributed by atoms with Gasteiger partial charge in [0.05, 0.1) is 12.1 Å². The van der Waals surface area contributed by atoms with Crippen LogP contribution in [0.2, 0.25) is 0 Å². The van der Waals surface area contributed by atoms with Gasteiger partial charge >= 0.3 is 11.9 Å². The fourth-order valence-corrected chi connectivity index (χ4v) is 1.87. The molecule has 1 atom stereocenters. The highest BCUT2D eigenvalue weighted by atomic mass is 16.5. The zero-order chi connectivity index (χ0) is 18.8. The molecular formula is C19H25NO5. The number of carbonyl (C=O) groups excluding carboxylic acids is 3. The average Bonchev–Trinajstić information content (AvgIpc) is 2.56. The van der Waals surface area contributed by atoms with Gasteiger partial charge in [-0.3, -0.25) is 4.79 Å². The molecular weight excluding hydrogens is 322 g/mol. The summed E-state index contributed by atoms with van der Waals surface area (Å²) in [6.45, 7) is 6.96. The van der Waals surface area contributed by atoms with E-state index in [1.807, 2.05) is 30.3 Å². The van der Waals surface area contributed by atoms with Crippen molar-refractivity contribution in [2.75, 3.05) is 6.61 Å². The maximum atomic E-state index is 12.0. The summed E-state index contributed by atoms with van der Waals surface area (Å²) in [4.78, 5) is 35.1. The molecule has 6 nitrogen and oxygen atoms in total. The number of hydrogen-bond acceptors (Lipinski definition) is 5. The van der Waals surface area contributed by atoms with Gasteiger partial charge in [-0.2, -0.15) is 0 Å². The summed E-state index contributed by atoms with van der Waals surface area (Å²) in [6.07, 6.45) is 1.77. The molecule has 0 heterocycles. The molecule has 0 aliphatic heterocycles. The summed E-state index contributed by atoms with van der Waals surface area (Å²) in [5.41, 5.74) is 0.826. The number of carbonyl (C=O) groups is 3. The van der Waals surface area contributed by atoms with E-state index in [2.05, 4.69) is 5.32 Å². The van der Waals surface area contributed by atoms with Crippen molar-refractivity contribution in [3.63, 3.8) is 0 Å². The van der Waals surface area contributed by atoms with E-state index in [9.17, 15) is 14.4 Å². The van der Waals surface area contributed by atoms with E-state index in [-0.39, 0.29) is 24.5 Å². The summed E-state index contributed by atoms with van der Waals surface area (Å²) in [7, 11) is 0. The molecule has 0 saturated carbocycles. The van der Waals surface area contributed by atoms with Gasteiger partial charge in [0.2, 0.25) is 5.91 Å². The third-order valence-corrected chi connectivity index (χ3v) is 3.14. The number of esters is 2. The van der Waals surface area contributed by atoms with Crippen LogP contribution in [-0.2, 0) is 23.9 Å². The van der Waals surface area contributed by atoms with Gasteiger partial charge in [-0.15, -0.1) is 0 Å². The van der Waals surface area contributed by atoms with Gasteiger partial charge in [0, 0.05) is 18.1 Å². The summed E-state index contributed by atoms with van der Waals surface area (Å²) in [6, 6.07) is 8.77. The lowest BCUT2D eigenvalue weighted by molar-refractivity contribution is -0.143. The largest absolute Gasteiger partial charge is 0.460 e. The lowest BCUT2D eigenvalue weighted by Gasteiger charge is -2.20. The van der Waals surface area contributed by atoms with Crippen LogP contribution in [0.3, 0.4) is 0 Å². The fourth-order valence-electron chi connectivity index (χ4n) is 1.87. The summed E-state index contributed by atoms with van der Waals surface area (Å²) in [5, 5.41) is 2.85. The number of benzene rings is 1. The quantitative estimate of drug-likeness (QED) is 0.577. The Morgan fingerprint density at radius 3 is 2.16 bits per heavy atom. The fraction of sp³-hybridized carbons (Fsp3) is 0.421. The van der Waals surface area contributed by atoms with Crippen LogP contribution >= 0.6 is 0 Å². The highest BCUT2D eigenvalue weighted by Crippen LogP contribution is 2.14. The molecule has 6 heteroatoms. The molecule has 0 aromatic heterocycles. The maximum absolute atomic E-state index is 12.0. The Morgan fingerprint density at radius 2 is 1.60 bits per heavy atom. The Morgan fingerprint density at radius 1 is 1.00 bits per heavy atom. The Kier molecular flexibility index (Phi) is 8.39. The molecule has 0 unspecified atom stereocenters. The molecule has 1 N–H and O–H groups in total. The standard InChI is InChI=1S/C19H25NO5/c1-13(2)19(23)20-16(15-8-6-5-7-9-15)12-24-17(21)10-11-18(22)25-14(3)4/h5-11,13-14,16H,12H2,1-4H3,(H,20,23)/b11-10+/t16-/m0/s1. The first-order valence-corrected chi connectivity index (χ1v) is 8.20. The van der Waals surface area contributed by atoms with Gasteiger partial charge in [-0.05, 0) is 19.4 Å². The van der Waals surface area contributed by atoms with Gasteiger partial charge in [-0.1, -0.05) is 44.2 Å². The molecule has 0 radical (unpaired) electrons. The molecule has 0 aliphatic carbocycles. The third-order valence-electron chi connectivity index (χ3n) is 3.14. The predicted molar refractivity (Wildman–Crippen MR) is 93.5 cm³/mol. The SMILES string of the molecule is CC(C)OC(=O)/C=C/C(=O)OC[C@H](NC(=O)C(C)C)c1ccccc1. The van der Waals surface area contributed by atoms with E-state index in [0.717, 1.165) is 17.7 Å². The zero-order valence-corrected chi connectivity index (χ0v) is 15.0. The van der Waals surface area contributed by atoms with Crippen LogP contribution in [0.5, 0.6) is 0 Å². The molecule has 0 bridgehead atoms. The van der Waals surface area contributed by atoms with Crippen molar-refractivity contribution in [3.05, 3.63) is 48.0 Å². The number of rotatable bonds is 8. The smallest absolute Gasteiger partial charge is 0.331 e. The second-order valence-corrected chi connectivity index (χ2v) is 6.08. The highest BCUT2D eigenvalue weighted by molar-refractivity contribution is 5.91. The van der Waals surface area contributed by atoms with E-state index in [0.29, 0.717) is 0 Å². The molecule has 1 aromatic carbocycles. The van der Waals surface area contributed by atoms with Crippen molar-refractivity contribution in [1.29, 1.82) is 0 Å². The Bertz CT molecular complexity index is 608. The first kappa shape index (κ1) is 20.4. The van der Waals surface area contributed by atoms with E-state index >= 15 is 0 Å². The van der Waals surface area contributed by atoms with Gasteiger partial charge < -0.3 is 14.8 Å². The van der Waals surface area contributed by atoms with E-state index in [1.165, 1.54) is 0 Å². The Hall–Kier alpha value is -2.63. The summed E-state index contributed by atoms with van der Waals surface area (Å²) in [5.74, 6) is -1.62. The van der Waals surface area contributed by atoms with Crippen LogP contribution in [0.15, 0.2) is 42.5 Å². The van der Waals surface area contributed by atoms with Crippen molar-refractivity contribution in [1.82, 2.24) is 5.32 Å². The minimum Gasteiger partial charge on any atom is -0.460 e. The van der Waals surface area contributed by atoms with Crippen LogP contribution in [0.25, 0.3) is 0 Å². The van der Waals surface area contributed by atoms with Crippen LogP contribution in [0.4, 0.5) is 0 Å². The molecule has 1 amide bonds. The van der Waals surface area contributed by atoms with Crippen LogP contribution in [0.1, 0.15) is 39.3 Å². The summed E-state index contributed by atoms with van der Waals surface area (Å²) >= 11 is 0. The lowest BCUT2D eigenvalue weighted by atomic mass is 10.1. The predicted octanol–water partition coefficient (Wildman–Crippen LogP) is 2.55. The van der Waals surface area contributed by atoms with Crippen molar-refractivity contribution >= 4 is 17.8 Å². The topological polar surface area (TPSA) is 81.7 Å². The Labute approximate surface area is 148 Å². The molecule has 1 rings (SSSR count). The highest BCUT2D eigenvalue weighted by Gasteiger charge is 2.18. The molecule has 0 aliphatic rings. The van der Waals surface area contributed by atoms with Crippen LogP contribution in [0, 0.1) is 5.92 Å². The van der Waals surface area contributed by atoms with E-state index < -0.39 is 18.0 Å². The maximum Gasteiger partial charge on any atom is 0.331 e. The monoisotopic (exact) mass is 347 g/mol. The lowest BCUT2D eigenvalue weighted by Crippen LogP contribution is -2.34. The first-order valence-electron chi connectivity index (χ1n) is 8.20. The first-order chi connectivity index (χ1) is 11.8. The summed E-state index contributed by atoms with van der Waals surface area (Å²) < 4.78 is 10.0. The number of hydrogen-bond donors (Lipinski definition) is 1. The van der Waals surface area contributed by atoms with Gasteiger partial charge in [0.15, 0.2) is 0 Å². The van der Waals surface area contributed by atoms with Crippen molar-refractivity contribution in [2.24, 2.45) is 5.92 Å². The molecule has 0 fully saturated rings. The van der Waals surface area contributed by atoms with E-state index in [4.69, 9.17) is 9.47 Å². The number of nitrogens with one attached hydrogen (secondary N) is 1. The number of amides is 1. The normalized spacial score (nSPS) is 12.2. The van der Waals surface area contributed by atoms with Crippen molar-refractivity contribution in [3.8, 4) is 0 Å². The minimum atomic E-state index is -0.680. The van der Waals surface area contributed by atoms with Crippen LogP contribution in [-0.4, -0.2) is 30.6 Å². The van der Waals surface area contributed by atoms with Crippen molar-refractivity contribution < 1.29 is 23.9 Å². The average molecular weight is 347 g/mol. The molecule has 1 aromatic rings. The zero-order valence-electron chi connectivity index (χ0n) is 15.0. The Balaban J connectivity index is 2.66. The van der Waals surface area contributed by atoms with Crippen molar-refractivity contribution in [2.45, 2.75) is 39.8 Å². The van der Waals surface area contributed by atoms with Gasteiger partial charge in [0.25, 0.3) is 0 Å².